The number of pyridine rings is 1. The van der Waals surface area contributed by atoms with Crippen molar-refractivity contribution in [3.63, 3.8) is 0 Å². The van der Waals surface area contributed by atoms with Gasteiger partial charge in [0.05, 0.1) is 11.0 Å². The average Bonchev–Trinajstić information content (AvgIpc) is 2.84. The van der Waals surface area contributed by atoms with E-state index in [1.807, 2.05) is 24.4 Å². The van der Waals surface area contributed by atoms with E-state index >= 15 is 0 Å². The maximum atomic E-state index is 11.1. The first kappa shape index (κ1) is 8.47. The lowest BCUT2D eigenvalue weighted by Crippen LogP contribution is -2.13. The average molecular weight is 201 g/mol. The fraction of sp³-hybridized carbons (Fsp3) is 0.273. The van der Waals surface area contributed by atoms with Crippen LogP contribution >= 0.6 is 0 Å². The van der Waals surface area contributed by atoms with E-state index in [2.05, 4.69) is 15.3 Å². The molecular formula is C11H11N3O. The number of rotatable bonds is 1. The summed E-state index contributed by atoms with van der Waals surface area (Å²) >= 11 is 0. The van der Waals surface area contributed by atoms with Gasteiger partial charge in [0.15, 0.2) is 0 Å². The summed E-state index contributed by atoms with van der Waals surface area (Å²) in [4.78, 5) is 18.7. The van der Waals surface area contributed by atoms with Gasteiger partial charge in [0, 0.05) is 30.8 Å². The Hall–Kier alpha value is -1.84. The van der Waals surface area contributed by atoms with Crippen molar-refractivity contribution < 1.29 is 4.79 Å². The molecule has 0 aliphatic carbocycles. The Morgan fingerprint density at radius 1 is 1.33 bits per heavy atom. The molecule has 4 nitrogen and oxygen atoms in total. The second-order valence-electron chi connectivity index (χ2n) is 3.85. The summed E-state index contributed by atoms with van der Waals surface area (Å²) in [6, 6.07) is 5.95. The van der Waals surface area contributed by atoms with Crippen molar-refractivity contribution in [2.24, 2.45) is 0 Å². The third kappa shape index (κ3) is 1.38. The molecule has 3 rings (SSSR count). The predicted molar refractivity (Wildman–Crippen MR) is 56.5 cm³/mol. The lowest BCUT2D eigenvalue weighted by Gasteiger charge is -2.05. The summed E-state index contributed by atoms with van der Waals surface area (Å²) in [7, 11) is 0. The maximum absolute atomic E-state index is 11.1. The van der Waals surface area contributed by atoms with Gasteiger partial charge in [-0.3, -0.25) is 9.78 Å². The van der Waals surface area contributed by atoms with Gasteiger partial charge in [-0.15, -0.1) is 0 Å². The highest BCUT2D eigenvalue weighted by Gasteiger charge is 2.24. The summed E-state index contributed by atoms with van der Waals surface area (Å²) in [6.45, 7) is 0.710. The summed E-state index contributed by atoms with van der Waals surface area (Å²) < 4.78 is 0. The third-order valence-corrected chi connectivity index (χ3v) is 2.82. The van der Waals surface area contributed by atoms with Crippen LogP contribution in [0.1, 0.15) is 18.0 Å². The Morgan fingerprint density at radius 2 is 2.27 bits per heavy atom. The smallest absolute Gasteiger partial charge is 0.220 e. The molecule has 0 spiro atoms. The topological polar surface area (TPSA) is 57.8 Å². The van der Waals surface area contributed by atoms with E-state index in [0.29, 0.717) is 13.0 Å². The van der Waals surface area contributed by atoms with Crippen LogP contribution in [0.5, 0.6) is 0 Å². The number of amides is 1. The Bertz CT molecular complexity index is 517. The van der Waals surface area contributed by atoms with Crippen LogP contribution in [-0.4, -0.2) is 22.4 Å². The highest BCUT2D eigenvalue weighted by Crippen LogP contribution is 2.22. The molecule has 76 valence electrons. The molecule has 0 radical (unpaired) electrons. The summed E-state index contributed by atoms with van der Waals surface area (Å²) in [5, 5.41) is 2.82. The van der Waals surface area contributed by atoms with Gasteiger partial charge in [0.25, 0.3) is 0 Å². The fourth-order valence-corrected chi connectivity index (χ4v) is 1.99. The van der Waals surface area contributed by atoms with E-state index in [9.17, 15) is 4.79 Å². The number of aromatic amines is 1. The minimum Gasteiger partial charge on any atom is -0.360 e. The van der Waals surface area contributed by atoms with Gasteiger partial charge in [-0.2, -0.15) is 0 Å². The van der Waals surface area contributed by atoms with Crippen molar-refractivity contribution >= 4 is 16.9 Å². The number of carbonyl (C=O) groups excluding carboxylic acids is 1. The number of nitrogens with one attached hydrogen (secondary N) is 2. The van der Waals surface area contributed by atoms with Crippen LogP contribution < -0.4 is 5.32 Å². The highest BCUT2D eigenvalue weighted by molar-refractivity contribution is 5.80. The van der Waals surface area contributed by atoms with Crippen LogP contribution in [0.4, 0.5) is 0 Å². The van der Waals surface area contributed by atoms with Gasteiger partial charge < -0.3 is 10.3 Å². The summed E-state index contributed by atoms with van der Waals surface area (Å²) in [6.07, 6.45) is 2.43. The fourth-order valence-electron chi connectivity index (χ4n) is 1.99. The molecule has 2 aromatic rings. The molecule has 0 saturated carbocycles. The van der Waals surface area contributed by atoms with Crippen molar-refractivity contribution in [1.82, 2.24) is 15.3 Å². The van der Waals surface area contributed by atoms with Crippen molar-refractivity contribution in [2.75, 3.05) is 6.54 Å². The molecule has 0 unspecified atom stereocenters. The zero-order chi connectivity index (χ0) is 10.3. The number of hydrogen-bond acceptors (Lipinski definition) is 2. The zero-order valence-electron chi connectivity index (χ0n) is 8.16. The Morgan fingerprint density at radius 3 is 3.07 bits per heavy atom. The van der Waals surface area contributed by atoms with Gasteiger partial charge in [-0.1, -0.05) is 0 Å². The SMILES string of the molecule is O=C1C[C@H](c2ccc3[nH]ccc3n2)CN1. The standard InChI is InChI=1S/C11H11N3O/c15-11-5-7(6-13-11)8-1-2-9-10(14-8)3-4-12-9/h1-4,7,12H,5-6H2,(H,13,15)/t7-/m0/s1. The molecule has 0 bridgehead atoms. The van der Waals surface area contributed by atoms with E-state index in [0.717, 1.165) is 16.7 Å². The normalized spacial score (nSPS) is 20.8. The van der Waals surface area contributed by atoms with Crippen LogP contribution in [0.25, 0.3) is 11.0 Å². The molecular weight excluding hydrogens is 190 g/mol. The van der Waals surface area contributed by atoms with Gasteiger partial charge >= 0.3 is 0 Å². The highest BCUT2D eigenvalue weighted by atomic mass is 16.1. The van der Waals surface area contributed by atoms with E-state index in [1.165, 1.54) is 0 Å². The molecule has 2 aromatic heterocycles. The lowest BCUT2D eigenvalue weighted by molar-refractivity contribution is -0.119. The van der Waals surface area contributed by atoms with Crippen molar-refractivity contribution in [3.8, 4) is 0 Å². The molecule has 1 aliphatic heterocycles. The molecule has 4 heteroatoms. The van der Waals surface area contributed by atoms with E-state index in [4.69, 9.17) is 0 Å². The van der Waals surface area contributed by atoms with Crippen LogP contribution in [-0.2, 0) is 4.79 Å². The summed E-state index contributed by atoms with van der Waals surface area (Å²) in [5.74, 6) is 0.354. The van der Waals surface area contributed by atoms with Crippen LogP contribution in [0.2, 0.25) is 0 Å². The first-order valence-corrected chi connectivity index (χ1v) is 5.03. The number of carbonyl (C=O) groups is 1. The number of hydrogen-bond donors (Lipinski definition) is 2. The number of H-pyrrole nitrogens is 1. The number of nitrogens with zero attached hydrogens (tertiary/aromatic N) is 1. The van der Waals surface area contributed by atoms with Crippen molar-refractivity contribution in [2.45, 2.75) is 12.3 Å². The molecule has 1 aliphatic rings. The van der Waals surface area contributed by atoms with Crippen molar-refractivity contribution in [1.29, 1.82) is 0 Å². The molecule has 0 aromatic carbocycles. The molecule has 15 heavy (non-hydrogen) atoms. The van der Waals surface area contributed by atoms with Gasteiger partial charge in [-0.25, -0.2) is 0 Å². The molecule has 1 saturated heterocycles. The molecule has 1 atom stereocenters. The van der Waals surface area contributed by atoms with E-state index in [-0.39, 0.29) is 11.8 Å². The second kappa shape index (κ2) is 3.08. The van der Waals surface area contributed by atoms with Crippen LogP contribution in [0, 0.1) is 0 Å². The molecule has 1 amide bonds. The quantitative estimate of drug-likeness (QED) is 0.727. The van der Waals surface area contributed by atoms with E-state index in [1.54, 1.807) is 0 Å². The molecule has 2 N–H and O–H groups in total. The molecule has 1 fully saturated rings. The Kier molecular flexibility index (Phi) is 1.74. The molecule has 3 heterocycles. The largest absolute Gasteiger partial charge is 0.360 e. The monoisotopic (exact) mass is 201 g/mol. The van der Waals surface area contributed by atoms with Gasteiger partial charge in [-0.05, 0) is 18.2 Å². The minimum atomic E-state index is 0.121. The zero-order valence-corrected chi connectivity index (χ0v) is 8.16. The van der Waals surface area contributed by atoms with Gasteiger partial charge in [0.2, 0.25) is 5.91 Å². The predicted octanol–water partition coefficient (Wildman–Crippen LogP) is 1.17. The maximum Gasteiger partial charge on any atom is 0.220 e. The van der Waals surface area contributed by atoms with Gasteiger partial charge in [0.1, 0.15) is 0 Å². The Balaban J connectivity index is 2.00. The number of aromatic nitrogens is 2. The van der Waals surface area contributed by atoms with Crippen molar-refractivity contribution in [3.05, 3.63) is 30.1 Å². The lowest BCUT2D eigenvalue weighted by atomic mass is 10.0. The van der Waals surface area contributed by atoms with E-state index < -0.39 is 0 Å². The number of fused-ring (bicyclic) bond motifs is 1. The first-order valence-electron chi connectivity index (χ1n) is 5.03. The van der Waals surface area contributed by atoms with Crippen LogP contribution in [0.3, 0.4) is 0 Å². The summed E-state index contributed by atoms with van der Waals surface area (Å²) in [5.41, 5.74) is 3.00. The minimum absolute atomic E-state index is 0.121. The Labute approximate surface area is 86.7 Å². The first-order chi connectivity index (χ1) is 7.33. The van der Waals surface area contributed by atoms with Crippen LogP contribution in [0.15, 0.2) is 24.4 Å². The second-order valence-corrected chi connectivity index (χ2v) is 3.85. The third-order valence-electron chi connectivity index (χ3n) is 2.82.